The van der Waals surface area contributed by atoms with Crippen molar-refractivity contribution >= 4 is 12.0 Å². The fourth-order valence-corrected chi connectivity index (χ4v) is 7.93. The minimum Gasteiger partial charge on any atom is -0.444 e. The van der Waals surface area contributed by atoms with Crippen LogP contribution in [-0.2, 0) is 9.53 Å². The van der Waals surface area contributed by atoms with Gasteiger partial charge < -0.3 is 19.9 Å². The number of carbonyl (C=O) groups is 2. The second-order valence-corrected chi connectivity index (χ2v) is 13.7. The fraction of sp³-hybridized carbons (Fsp3) is 0.656. The van der Waals surface area contributed by atoms with E-state index in [9.17, 15) is 19.2 Å². The number of alkyl carbamates (subject to hydrolysis) is 1. The molecule has 9 heteroatoms. The topological polar surface area (TPSA) is 88.9 Å². The molecule has 3 saturated heterocycles. The van der Waals surface area contributed by atoms with Gasteiger partial charge in [0.15, 0.2) is 0 Å². The highest BCUT2D eigenvalue weighted by atomic mass is 19.1. The molecular weight excluding hydrogens is 521 g/mol. The third-order valence-electron chi connectivity index (χ3n) is 9.77. The van der Waals surface area contributed by atoms with Crippen molar-refractivity contribution in [1.29, 1.82) is 5.26 Å². The van der Waals surface area contributed by atoms with Crippen LogP contribution in [0.2, 0.25) is 0 Å². The van der Waals surface area contributed by atoms with E-state index in [1.807, 2.05) is 32.9 Å². The predicted octanol–water partition coefficient (Wildman–Crippen LogP) is 4.74. The van der Waals surface area contributed by atoms with Crippen LogP contribution in [0, 0.1) is 29.0 Å². The van der Waals surface area contributed by atoms with Crippen molar-refractivity contribution in [2.45, 2.75) is 108 Å². The number of benzene rings is 1. The summed E-state index contributed by atoms with van der Waals surface area (Å²) in [4.78, 5) is 33.3. The monoisotopic (exact) mass is 563 g/mol. The number of carbonyl (C=O) groups excluding carboxylic acids is 2. The second kappa shape index (κ2) is 10.6. The molecule has 220 valence electrons. The molecule has 5 aliphatic rings. The number of piperazine rings is 1. The molecule has 3 aliphatic heterocycles. The lowest BCUT2D eigenvalue weighted by Crippen LogP contribution is -2.57. The Labute approximate surface area is 242 Å². The number of nitriles is 1. The number of nitrogens with one attached hydrogen (secondary N) is 1. The Kier molecular flexibility index (Phi) is 7.25. The Morgan fingerprint density at radius 3 is 2.54 bits per heavy atom. The van der Waals surface area contributed by atoms with Gasteiger partial charge in [-0.15, -0.1) is 0 Å². The van der Waals surface area contributed by atoms with Gasteiger partial charge in [-0.3, -0.25) is 9.69 Å². The normalized spacial score (nSPS) is 30.7. The smallest absolute Gasteiger partial charge is 0.408 e. The highest BCUT2D eigenvalue weighted by Gasteiger charge is 2.56. The standard InChI is InChI=1S/C32H42FN5O3/c1-19(37-24(16-34)13-22-14-27(22)37)26(35-31(40)41-32(2,3)4)18-36-17-25-15-28(36)30(39)38(25)29(20-7-5-6-8-20)21-9-11-23(33)12-10-21/h9-12,20,22,24-29H,1,5-8,13-15,17-18H2,2-4H3,(H,35,40)/t22-,24?,25-,26?,27?,28?,29-/m0/s1. The van der Waals surface area contributed by atoms with E-state index >= 15 is 0 Å². The lowest BCUT2D eigenvalue weighted by atomic mass is 9.89. The molecule has 6 rings (SSSR count). The summed E-state index contributed by atoms with van der Waals surface area (Å²) in [5.41, 5.74) is 1.08. The summed E-state index contributed by atoms with van der Waals surface area (Å²) in [6.45, 7) is 11.0. The summed E-state index contributed by atoms with van der Waals surface area (Å²) < 4.78 is 19.4. The molecule has 2 amide bonds. The molecule has 1 N–H and O–H groups in total. The number of fused-ring (bicyclic) bond motifs is 3. The van der Waals surface area contributed by atoms with Crippen LogP contribution in [0.15, 0.2) is 36.5 Å². The van der Waals surface area contributed by atoms with E-state index in [4.69, 9.17) is 4.74 Å². The first-order valence-corrected chi connectivity index (χ1v) is 15.2. The zero-order valence-electron chi connectivity index (χ0n) is 24.4. The number of halogens is 1. The van der Waals surface area contributed by atoms with E-state index in [1.165, 1.54) is 12.1 Å². The average Bonchev–Trinajstić information content (AvgIpc) is 3.34. The van der Waals surface area contributed by atoms with E-state index < -0.39 is 17.7 Å². The number of nitrogens with zero attached hydrogens (tertiary/aromatic N) is 4. The van der Waals surface area contributed by atoms with E-state index in [-0.39, 0.29) is 35.9 Å². The molecule has 2 bridgehead atoms. The van der Waals surface area contributed by atoms with E-state index in [0.717, 1.165) is 56.2 Å². The number of rotatable bonds is 8. The Balaban J connectivity index is 1.21. The molecule has 2 aliphatic carbocycles. The van der Waals surface area contributed by atoms with E-state index in [0.29, 0.717) is 31.0 Å². The molecule has 5 fully saturated rings. The summed E-state index contributed by atoms with van der Waals surface area (Å²) in [6, 6.07) is 8.40. The molecule has 0 radical (unpaired) electrons. The van der Waals surface area contributed by atoms with Gasteiger partial charge in [-0.05, 0) is 82.4 Å². The quantitative estimate of drug-likeness (QED) is 0.492. The maximum atomic E-state index is 14.0. The van der Waals surface area contributed by atoms with Crippen LogP contribution in [0.4, 0.5) is 9.18 Å². The van der Waals surface area contributed by atoms with Crippen molar-refractivity contribution in [1.82, 2.24) is 20.0 Å². The van der Waals surface area contributed by atoms with Gasteiger partial charge in [-0.25, -0.2) is 9.18 Å². The van der Waals surface area contributed by atoms with Crippen LogP contribution >= 0.6 is 0 Å². The molecule has 0 aromatic heterocycles. The number of hydrogen-bond donors (Lipinski definition) is 1. The average molecular weight is 564 g/mol. The summed E-state index contributed by atoms with van der Waals surface area (Å²) in [7, 11) is 0. The number of ether oxygens (including phenoxy) is 1. The van der Waals surface area contributed by atoms with Gasteiger partial charge in [0.25, 0.3) is 0 Å². The van der Waals surface area contributed by atoms with Crippen LogP contribution in [0.5, 0.6) is 0 Å². The molecular formula is C32H42FN5O3. The third kappa shape index (κ3) is 5.43. The van der Waals surface area contributed by atoms with Gasteiger partial charge in [0, 0.05) is 30.9 Å². The molecule has 1 aromatic rings. The van der Waals surface area contributed by atoms with Gasteiger partial charge in [-0.1, -0.05) is 31.6 Å². The third-order valence-corrected chi connectivity index (χ3v) is 9.77. The first-order valence-electron chi connectivity index (χ1n) is 15.2. The Hall–Kier alpha value is -3.12. The highest BCUT2D eigenvalue weighted by molar-refractivity contribution is 5.86. The summed E-state index contributed by atoms with van der Waals surface area (Å²) in [5.74, 6) is 0.735. The van der Waals surface area contributed by atoms with Gasteiger partial charge >= 0.3 is 6.09 Å². The first kappa shape index (κ1) is 28.0. The lowest BCUT2D eigenvalue weighted by Gasteiger charge is -2.43. The maximum absolute atomic E-state index is 14.0. The van der Waals surface area contributed by atoms with Crippen LogP contribution in [0.3, 0.4) is 0 Å². The highest BCUT2D eigenvalue weighted by Crippen LogP contribution is 2.50. The van der Waals surface area contributed by atoms with E-state index in [1.54, 1.807) is 0 Å². The Bertz CT molecular complexity index is 1230. The molecule has 1 aromatic carbocycles. The number of likely N-dealkylation sites (tertiary alicyclic amines) is 3. The van der Waals surface area contributed by atoms with Gasteiger partial charge in [0.05, 0.1) is 24.2 Å². The fourth-order valence-electron chi connectivity index (χ4n) is 7.93. The minimum atomic E-state index is -0.654. The molecule has 8 nitrogen and oxygen atoms in total. The van der Waals surface area contributed by atoms with Crippen molar-refractivity contribution in [2.75, 3.05) is 13.1 Å². The SMILES string of the molecule is C=C(C(CN1C[C@@H]2CC1C(=O)N2[C@H](c1ccc(F)cc1)C1CCCC1)NC(=O)OC(C)(C)C)N1C(C#N)C[C@H]2CC21. The lowest BCUT2D eigenvalue weighted by molar-refractivity contribution is -0.140. The van der Waals surface area contributed by atoms with Gasteiger partial charge in [-0.2, -0.15) is 5.26 Å². The Morgan fingerprint density at radius 2 is 1.90 bits per heavy atom. The molecule has 7 atom stereocenters. The summed E-state index contributed by atoms with van der Waals surface area (Å²) in [5, 5.41) is 12.8. The largest absolute Gasteiger partial charge is 0.444 e. The number of amides is 2. The van der Waals surface area contributed by atoms with Crippen LogP contribution in [-0.4, -0.2) is 75.6 Å². The van der Waals surface area contributed by atoms with Crippen molar-refractivity contribution in [3.05, 3.63) is 47.9 Å². The molecule has 2 saturated carbocycles. The molecule has 4 unspecified atom stereocenters. The van der Waals surface area contributed by atoms with Crippen LogP contribution < -0.4 is 5.32 Å². The molecule has 0 spiro atoms. The first-order chi connectivity index (χ1) is 19.5. The van der Waals surface area contributed by atoms with Crippen molar-refractivity contribution < 1.29 is 18.7 Å². The Morgan fingerprint density at radius 1 is 1.20 bits per heavy atom. The number of hydrogen-bond acceptors (Lipinski definition) is 6. The van der Waals surface area contributed by atoms with Crippen LogP contribution in [0.25, 0.3) is 0 Å². The zero-order chi connectivity index (χ0) is 29.1. The van der Waals surface area contributed by atoms with Crippen molar-refractivity contribution in [3.63, 3.8) is 0 Å². The minimum absolute atomic E-state index is 0.0406. The van der Waals surface area contributed by atoms with Crippen molar-refractivity contribution in [3.8, 4) is 6.07 Å². The molecule has 41 heavy (non-hydrogen) atoms. The van der Waals surface area contributed by atoms with Crippen molar-refractivity contribution in [2.24, 2.45) is 11.8 Å². The number of piperidine rings is 1. The molecule has 3 heterocycles. The van der Waals surface area contributed by atoms with Crippen LogP contribution in [0.1, 0.15) is 77.3 Å². The second-order valence-electron chi connectivity index (χ2n) is 13.7. The predicted molar refractivity (Wildman–Crippen MR) is 152 cm³/mol. The summed E-state index contributed by atoms with van der Waals surface area (Å²) >= 11 is 0. The van der Waals surface area contributed by atoms with Gasteiger partial charge in [0.2, 0.25) is 5.91 Å². The van der Waals surface area contributed by atoms with E-state index in [2.05, 4.69) is 32.7 Å². The van der Waals surface area contributed by atoms with Gasteiger partial charge in [0.1, 0.15) is 17.5 Å². The maximum Gasteiger partial charge on any atom is 0.408 e. The zero-order valence-corrected chi connectivity index (χ0v) is 24.4. The summed E-state index contributed by atoms with van der Waals surface area (Å²) in [6.07, 6.45) is 6.55.